The predicted molar refractivity (Wildman–Crippen MR) is 41.0 cm³/mol. The highest BCUT2D eigenvalue weighted by Gasteiger charge is 1.87. The van der Waals surface area contributed by atoms with Crippen LogP contribution in [-0.2, 0) is 4.84 Å². The summed E-state index contributed by atoms with van der Waals surface area (Å²) in [6, 6.07) is 0. The van der Waals surface area contributed by atoms with Gasteiger partial charge in [-0.15, -0.1) is 0 Å². The molecule has 0 rings (SSSR count). The van der Waals surface area contributed by atoms with Crippen LogP contribution in [0.5, 0.6) is 0 Å². The molecule has 0 aliphatic rings. The lowest BCUT2D eigenvalue weighted by molar-refractivity contribution is 0.0991. The van der Waals surface area contributed by atoms with Gasteiger partial charge in [-0.25, -0.2) is 0 Å². The quantitative estimate of drug-likeness (QED) is 0.356. The summed E-state index contributed by atoms with van der Waals surface area (Å²) in [6.45, 7) is 4.53. The van der Waals surface area contributed by atoms with Crippen LogP contribution in [0.2, 0.25) is 0 Å². The molecule has 0 spiro atoms. The van der Waals surface area contributed by atoms with Crippen LogP contribution >= 0.6 is 0 Å². The third-order valence-electron chi connectivity index (χ3n) is 0.908. The van der Waals surface area contributed by atoms with Crippen LogP contribution in [0, 0.1) is 5.92 Å². The lowest BCUT2D eigenvalue weighted by Crippen LogP contribution is -1.94. The Kier molecular flexibility index (Phi) is 6.18. The second kappa shape index (κ2) is 6.55. The second-order valence-electron chi connectivity index (χ2n) is 2.47. The average molecular weight is 145 g/mol. The minimum Gasteiger partial charge on any atom is -0.394 e. The summed E-state index contributed by atoms with van der Waals surface area (Å²) in [4.78, 5) is 4.65. The Labute approximate surface area is 61.7 Å². The normalized spacial score (nSPS) is 11.2. The number of hydrogen-bond acceptors (Lipinski definition) is 3. The molecule has 0 heterocycles. The molecule has 0 bridgehead atoms. The Morgan fingerprint density at radius 1 is 1.60 bits per heavy atom. The van der Waals surface area contributed by atoms with Gasteiger partial charge in [-0.1, -0.05) is 19.0 Å². The van der Waals surface area contributed by atoms with Crippen LogP contribution in [0.15, 0.2) is 5.16 Å². The van der Waals surface area contributed by atoms with Gasteiger partial charge >= 0.3 is 0 Å². The molecule has 3 heteroatoms. The van der Waals surface area contributed by atoms with Gasteiger partial charge in [0.25, 0.3) is 0 Å². The minimum atomic E-state index is 0.0268. The van der Waals surface area contributed by atoms with Crippen molar-refractivity contribution in [1.29, 1.82) is 0 Å². The summed E-state index contributed by atoms with van der Waals surface area (Å²) in [7, 11) is 0. The highest BCUT2D eigenvalue weighted by molar-refractivity contribution is 5.56. The smallest absolute Gasteiger partial charge is 0.140 e. The van der Waals surface area contributed by atoms with Crippen molar-refractivity contribution in [2.75, 3.05) is 13.2 Å². The minimum absolute atomic E-state index is 0.0268. The van der Waals surface area contributed by atoms with Crippen LogP contribution in [-0.4, -0.2) is 24.5 Å². The maximum absolute atomic E-state index is 8.28. The van der Waals surface area contributed by atoms with Gasteiger partial charge in [-0.2, -0.15) is 0 Å². The van der Waals surface area contributed by atoms with Gasteiger partial charge in [0.05, 0.1) is 6.61 Å². The van der Waals surface area contributed by atoms with E-state index >= 15 is 0 Å². The SMILES string of the molecule is CC(C)C/C=N/OCCO. The largest absolute Gasteiger partial charge is 0.394 e. The fourth-order valence-electron chi connectivity index (χ4n) is 0.400. The van der Waals surface area contributed by atoms with E-state index < -0.39 is 0 Å². The lowest BCUT2D eigenvalue weighted by atomic mass is 10.2. The fraction of sp³-hybridized carbons (Fsp3) is 0.857. The molecule has 0 fully saturated rings. The molecule has 0 saturated heterocycles. The van der Waals surface area contributed by atoms with E-state index in [2.05, 4.69) is 23.8 Å². The second-order valence-corrected chi connectivity index (χ2v) is 2.47. The summed E-state index contributed by atoms with van der Waals surface area (Å²) >= 11 is 0. The van der Waals surface area contributed by atoms with Gasteiger partial charge in [0.1, 0.15) is 6.61 Å². The van der Waals surface area contributed by atoms with E-state index in [0.29, 0.717) is 5.92 Å². The Hall–Kier alpha value is -0.570. The molecule has 10 heavy (non-hydrogen) atoms. The summed E-state index contributed by atoms with van der Waals surface area (Å²) in [5.41, 5.74) is 0. The number of oxime groups is 1. The van der Waals surface area contributed by atoms with Crippen LogP contribution in [0.25, 0.3) is 0 Å². The molecule has 0 atom stereocenters. The van der Waals surface area contributed by atoms with Crippen LogP contribution in [0.3, 0.4) is 0 Å². The Balaban J connectivity index is 3.04. The summed E-state index contributed by atoms with van der Waals surface area (Å²) in [5.74, 6) is 0.612. The molecule has 0 amide bonds. The van der Waals surface area contributed by atoms with E-state index in [0.717, 1.165) is 6.42 Å². The molecule has 0 aliphatic heterocycles. The van der Waals surface area contributed by atoms with Gasteiger partial charge in [0.15, 0.2) is 0 Å². The number of hydrogen-bond donors (Lipinski definition) is 1. The van der Waals surface area contributed by atoms with Crippen LogP contribution in [0.4, 0.5) is 0 Å². The molecule has 0 aromatic carbocycles. The molecule has 0 aromatic heterocycles. The highest BCUT2D eigenvalue weighted by Crippen LogP contribution is 1.94. The molecule has 0 aliphatic carbocycles. The first kappa shape index (κ1) is 9.43. The van der Waals surface area contributed by atoms with E-state index in [4.69, 9.17) is 5.11 Å². The molecule has 0 radical (unpaired) electrons. The van der Waals surface area contributed by atoms with Crippen molar-refractivity contribution in [1.82, 2.24) is 0 Å². The zero-order valence-corrected chi connectivity index (χ0v) is 6.58. The van der Waals surface area contributed by atoms with E-state index in [1.807, 2.05) is 0 Å². The number of aliphatic hydroxyl groups is 1. The van der Waals surface area contributed by atoms with Gasteiger partial charge in [-0.3, -0.25) is 0 Å². The topological polar surface area (TPSA) is 41.8 Å². The molecule has 0 aromatic rings. The van der Waals surface area contributed by atoms with Crippen molar-refractivity contribution in [2.24, 2.45) is 11.1 Å². The zero-order chi connectivity index (χ0) is 7.82. The third-order valence-corrected chi connectivity index (χ3v) is 0.908. The molecule has 60 valence electrons. The van der Waals surface area contributed by atoms with Crippen molar-refractivity contribution >= 4 is 6.21 Å². The average Bonchev–Trinajstić information content (AvgIpc) is 1.87. The molecular formula is C7H15NO2. The predicted octanol–water partition coefficient (Wildman–Crippen LogP) is 1.03. The van der Waals surface area contributed by atoms with E-state index in [1.54, 1.807) is 6.21 Å². The maximum Gasteiger partial charge on any atom is 0.140 e. The first-order valence-corrected chi connectivity index (χ1v) is 3.52. The van der Waals surface area contributed by atoms with Crippen LogP contribution in [0.1, 0.15) is 20.3 Å². The highest BCUT2D eigenvalue weighted by atomic mass is 16.6. The molecule has 1 N–H and O–H groups in total. The molecule has 3 nitrogen and oxygen atoms in total. The number of nitrogens with zero attached hydrogens (tertiary/aromatic N) is 1. The summed E-state index contributed by atoms with van der Waals surface area (Å²) < 4.78 is 0. The van der Waals surface area contributed by atoms with E-state index in [-0.39, 0.29) is 13.2 Å². The summed E-state index contributed by atoms with van der Waals surface area (Å²) in [5, 5.41) is 11.9. The van der Waals surface area contributed by atoms with Crippen molar-refractivity contribution in [3.05, 3.63) is 0 Å². The maximum atomic E-state index is 8.28. The molecular weight excluding hydrogens is 130 g/mol. The lowest BCUT2D eigenvalue weighted by Gasteiger charge is -1.96. The van der Waals surface area contributed by atoms with Crippen LogP contribution < -0.4 is 0 Å². The fourth-order valence-corrected chi connectivity index (χ4v) is 0.400. The standard InChI is InChI=1S/C7H15NO2/c1-7(2)3-4-8-10-6-5-9/h4,7,9H,3,5-6H2,1-2H3/b8-4+. The molecule has 0 saturated carbocycles. The van der Waals surface area contributed by atoms with Gasteiger partial charge < -0.3 is 9.94 Å². The first-order chi connectivity index (χ1) is 4.77. The first-order valence-electron chi connectivity index (χ1n) is 3.52. The Morgan fingerprint density at radius 3 is 2.80 bits per heavy atom. The van der Waals surface area contributed by atoms with Crippen molar-refractivity contribution in [2.45, 2.75) is 20.3 Å². The zero-order valence-electron chi connectivity index (χ0n) is 6.58. The number of aliphatic hydroxyl groups excluding tert-OH is 1. The number of rotatable bonds is 5. The van der Waals surface area contributed by atoms with Crippen molar-refractivity contribution in [3.63, 3.8) is 0 Å². The van der Waals surface area contributed by atoms with Gasteiger partial charge in [0, 0.05) is 6.21 Å². The van der Waals surface area contributed by atoms with E-state index in [9.17, 15) is 0 Å². The van der Waals surface area contributed by atoms with Crippen molar-refractivity contribution < 1.29 is 9.94 Å². The third kappa shape index (κ3) is 7.43. The summed E-state index contributed by atoms with van der Waals surface area (Å²) in [6.07, 6.45) is 2.64. The Bertz CT molecular complexity index is 91.6. The van der Waals surface area contributed by atoms with Gasteiger partial charge in [-0.05, 0) is 12.3 Å². The molecule has 0 unspecified atom stereocenters. The monoisotopic (exact) mass is 145 g/mol. The van der Waals surface area contributed by atoms with E-state index in [1.165, 1.54) is 0 Å². The van der Waals surface area contributed by atoms with Crippen molar-refractivity contribution in [3.8, 4) is 0 Å². The van der Waals surface area contributed by atoms with Gasteiger partial charge in [0.2, 0.25) is 0 Å². The Morgan fingerprint density at radius 2 is 2.30 bits per heavy atom.